The molecule has 0 heterocycles. The maximum Gasteiger partial charge on any atom is 0.279 e. The first kappa shape index (κ1) is 15.1. The van der Waals surface area contributed by atoms with E-state index in [2.05, 4.69) is 20.8 Å². The minimum absolute atomic E-state index is 0.704. The molecule has 15 heavy (non-hydrogen) atoms. The molecule has 0 aliphatic rings. The van der Waals surface area contributed by atoms with Crippen molar-refractivity contribution in [3.8, 4) is 0 Å². The molecular weight excluding hydrogens is 208 g/mol. The summed E-state index contributed by atoms with van der Waals surface area (Å²) in [6, 6.07) is 0.868. The van der Waals surface area contributed by atoms with Crippen LogP contribution in [0.2, 0.25) is 6.04 Å². The summed E-state index contributed by atoms with van der Waals surface area (Å²) in [5.41, 5.74) is 0. The summed E-state index contributed by atoms with van der Waals surface area (Å²) in [7, 11) is 1.02. The Morgan fingerprint density at radius 3 is 1.33 bits per heavy atom. The van der Waals surface area contributed by atoms with Crippen LogP contribution >= 0.6 is 0 Å². The summed E-state index contributed by atoms with van der Waals surface area (Å²) in [5.74, 6) is -0.742. The number of hydrogen-bond donors (Lipinski definition) is 0. The third-order valence-electron chi connectivity index (χ3n) is 2.01. The van der Waals surface area contributed by atoms with Gasteiger partial charge in [-0.05, 0) is 19.3 Å². The van der Waals surface area contributed by atoms with Crippen molar-refractivity contribution in [1.29, 1.82) is 0 Å². The molecule has 0 N–H and O–H groups in total. The van der Waals surface area contributed by atoms with Crippen LogP contribution in [-0.4, -0.2) is 36.0 Å². The van der Waals surface area contributed by atoms with Crippen molar-refractivity contribution in [1.82, 2.24) is 0 Å². The first-order valence-electron chi connectivity index (χ1n) is 6.16. The summed E-state index contributed by atoms with van der Waals surface area (Å²) in [5, 5.41) is 0. The number of ether oxygens (including phenoxy) is 3. The zero-order valence-corrected chi connectivity index (χ0v) is 12.7. The Morgan fingerprint density at radius 2 is 1.13 bits per heavy atom. The molecular formula is C11H26O3Si. The first-order valence-corrected chi connectivity index (χ1v) is 7.57. The molecule has 92 valence electrons. The van der Waals surface area contributed by atoms with E-state index in [9.17, 15) is 0 Å². The summed E-state index contributed by atoms with van der Waals surface area (Å²) >= 11 is 0. The second-order valence-corrected chi connectivity index (χ2v) is 4.29. The summed E-state index contributed by atoms with van der Waals surface area (Å²) in [6.07, 6.45) is 2.98. The average Bonchev–Trinajstić information content (AvgIpc) is 2.29. The van der Waals surface area contributed by atoms with E-state index in [1.807, 2.05) is 0 Å². The Morgan fingerprint density at radius 1 is 0.800 bits per heavy atom. The van der Waals surface area contributed by atoms with Gasteiger partial charge in [-0.2, -0.15) is 0 Å². The van der Waals surface area contributed by atoms with Crippen LogP contribution < -0.4 is 0 Å². The van der Waals surface area contributed by atoms with Gasteiger partial charge in [0.1, 0.15) is 0 Å². The lowest BCUT2D eigenvalue weighted by molar-refractivity contribution is -0.369. The minimum Gasteiger partial charge on any atom is -0.328 e. The highest BCUT2D eigenvalue weighted by Crippen LogP contribution is 2.20. The molecule has 0 spiro atoms. The van der Waals surface area contributed by atoms with Gasteiger partial charge in [0.15, 0.2) is 0 Å². The molecule has 3 nitrogen and oxygen atoms in total. The van der Waals surface area contributed by atoms with Gasteiger partial charge in [-0.25, -0.2) is 0 Å². The maximum absolute atomic E-state index is 5.72. The number of rotatable bonds is 10. The summed E-state index contributed by atoms with van der Waals surface area (Å²) in [6.45, 7) is 8.40. The smallest absolute Gasteiger partial charge is 0.279 e. The van der Waals surface area contributed by atoms with Crippen molar-refractivity contribution in [3.63, 3.8) is 0 Å². The fourth-order valence-electron chi connectivity index (χ4n) is 1.20. The molecule has 0 bridgehead atoms. The van der Waals surface area contributed by atoms with Crippen molar-refractivity contribution >= 4 is 10.2 Å². The van der Waals surface area contributed by atoms with Crippen LogP contribution in [0.25, 0.3) is 0 Å². The highest BCUT2D eigenvalue weighted by Gasteiger charge is 2.30. The lowest BCUT2D eigenvalue weighted by Gasteiger charge is -2.32. The van der Waals surface area contributed by atoms with Crippen molar-refractivity contribution in [2.24, 2.45) is 0 Å². The van der Waals surface area contributed by atoms with Gasteiger partial charge in [-0.15, -0.1) is 0 Å². The van der Waals surface area contributed by atoms with E-state index in [0.29, 0.717) is 19.8 Å². The van der Waals surface area contributed by atoms with Crippen molar-refractivity contribution in [2.45, 2.75) is 52.1 Å². The molecule has 0 rings (SSSR count). The molecule has 0 fully saturated rings. The van der Waals surface area contributed by atoms with Crippen molar-refractivity contribution in [3.05, 3.63) is 0 Å². The fraction of sp³-hybridized carbons (Fsp3) is 1.00. The van der Waals surface area contributed by atoms with E-state index in [1.54, 1.807) is 0 Å². The Balaban J connectivity index is 4.16. The van der Waals surface area contributed by atoms with Crippen LogP contribution in [0, 0.1) is 0 Å². The van der Waals surface area contributed by atoms with E-state index >= 15 is 0 Å². The summed E-state index contributed by atoms with van der Waals surface area (Å²) in [4.78, 5) is 0. The molecule has 0 aromatic rings. The van der Waals surface area contributed by atoms with Crippen LogP contribution in [-0.2, 0) is 14.2 Å². The molecule has 0 aliphatic carbocycles. The van der Waals surface area contributed by atoms with Crippen molar-refractivity contribution in [2.75, 3.05) is 19.8 Å². The average molecular weight is 234 g/mol. The molecule has 0 radical (unpaired) electrons. The Bertz CT molecular complexity index is 120. The predicted molar refractivity (Wildman–Crippen MR) is 66.2 cm³/mol. The largest absolute Gasteiger partial charge is 0.328 e. The second-order valence-electron chi connectivity index (χ2n) is 3.58. The standard InChI is InChI=1S/C11H26O3Si/c1-4-7-12-11(10-15,13-8-5-2)14-9-6-3/h4-10H2,1-3,15H3. The minimum atomic E-state index is -0.742. The van der Waals surface area contributed by atoms with Crippen LogP contribution in [0.3, 0.4) is 0 Å². The molecule has 4 heteroatoms. The van der Waals surface area contributed by atoms with Gasteiger partial charge in [0.2, 0.25) is 0 Å². The second kappa shape index (κ2) is 9.33. The van der Waals surface area contributed by atoms with Crippen molar-refractivity contribution < 1.29 is 14.2 Å². The van der Waals surface area contributed by atoms with Gasteiger partial charge in [0.25, 0.3) is 5.97 Å². The molecule has 0 atom stereocenters. The van der Waals surface area contributed by atoms with Crippen LogP contribution in [0.15, 0.2) is 0 Å². The van der Waals surface area contributed by atoms with Crippen LogP contribution in [0.4, 0.5) is 0 Å². The molecule has 0 aliphatic heterocycles. The van der Waals surface area contributed by atoms with E-state index in [-0.39, 0.29) is 0 Å². The van der Waals surface area contributed by atoms with Gasteiger partial charge in [-0.1, -0.05) is 20.8 Å². The molecule has 0 saturated carbocycles. The molecule has 0 unspecified atom stereocenters. The molecule has 0 aromatic heterocycles. The monoisotopic (exact) mass is 234 g/mol. The zero-order valence-electron chi connectivity index (χ0n) is 10.7. The summed E-state index contributed by atoms with van der Waals surface area (Å²) < 4.78 is 17.2. The topological polar surface area (TPSA) is 27.7 Å². The van der Waals surface area contributed by atoms with Gasteiger partial charge in [0.05, 0.1) is 19.8 Å². The van der Waals surface area contributed by atoms with Gasteiger partial charge < -0.3 is 14.2 Å². The van der Waals surface area contributed by atoms with Gasteiger partial charge in [0, 0.05) is 16.3 Å². The lowest BCUT2D eigenvalue weighted by atomic mass is 10.5. The highest BCUT2D eigenvalue weighted by atomic mass is 28.1. The normalized spacial score (nSPS) is 12.2. The van der Waals surface area contributed by atoms with E-state index in [0.717, 1.165) is 35.5 Å². The third-order valence-corrected chi connectivity index (χ3v) is 2.88. The quantitative estimate of drug-likeness (QED) is 0.425. The Kier molecular flexibility index (Phi) is 9.39. The van der Waals surface area contributed by atoms with Crippen LogP contribution in [0.1, 0.15) is 40.0 Å². The van der Waals surface area contributed by atoms with Gasteiger partial charge >= 0.3 is 0 Å². The highest BCUT2D eigenvalue weighted by molar-refractivity contribution is 6.09. The maximum atomic E-state index is 5.72. The van der Waals surface area contributed by atoms with E-state index < -0.39 is 5.97 Å². The Hall–Kier alpha value is 0.0969. The third kappa shape index (κ3) is 6.30. The Labute approximate surface area is 96.9 Å². The molecule has 0 saturated heterocycles. The fourth-order valence-corrected chi connectivity index (χ4v) is 1.82. The first-order chi connectivity index (χ1) is 7.24. The molecule has 0 aromatic carbocycles. The zero-order chi connectivity index (χ0) is 11.6. The van der Waals surface area contributed by atoms with Gasteiger partial charge in [-0.3, -0.25) is 0 Å². The predicted octanol–water partition coefficient (Wildman–Crippen LogP) is 1.70. The SMILES string of the molecule is CCCOC(C[SiH3])(OCCC)OCCC. The van der Waals surface area contributed by atoms with E-state index in [4.69, 9.17) is 14.2 Å². The lowest BCUT2D eigenvalue weighted by Crippen LogP contribution is -2.39. The van der Waals surface area contributed by atoms with Crippen LogP contribution in [0.5, 0.6) is 0 Å². The molecule has 0 amide bonds. The van der Waals surface area contributed by atoms with E-state index in [1.165, 1.54) is 0 Å². The number of hydrogen-bond acceptors (Lipinski definition) is 3.